The standard InChI is InChI=1S/C28H31N3O3.ClH/c1-4-6-16-31-25-15-11-10-14-21(25)22-18-23(29-19(3)26(22)31)27(32)30-24(28(33)34-5-2)17-20-12-8-7-9-13-20;/h7-15,18,24H,4-6,16-17H2,1-3H3,(H,30,32);1H/t24-;/m0./s1. The molecule has 1 atom stereocenters. The summed E-state index contributed by atoms with van der Waals surface area (Å²) < 4.78 is 7.53. The van der Waals surface area contributed by atoms with Crippen LogP contribution in [0.1, 0.15) is 48.4 Å². The highest BCUT2D eigenvalue weighted by Gasteiger charge is 2.25. The van der Waals surface area contributed by atoms with E-state index < -0.39 is 12.0 Å². The van der Waals surface area contributed by atoms with Crippen LogP contribution in [0.5, 0.6) is 0 Å². The molecule has 184 valence electrons. The summed E-state index contributed by atoms with van der Waals surface area (Å²) in [5.41, 5.74) is 4.23. The van der Waals surface area contributed by atoms with E-state index in [4.69, 9.17) is 4.74 Å². The number of hydrogen-bond donors (Lipinski definition) is 1. The summed E-state index contributed by atoms with van der Waals surface area (Å²) >= 11 is 0. The lowest BCUT2D eigenvalue weighted by Crippen LogP contribution is -2.43. The molecule has 2 aromatic heterocycles. The Bertz CT molecular complexity index is 1320. The molecule has 1 N–H and O–H groups in total. The van der Waals surface area contributed by atoms with Crippen molar-refractivity contribution in [3.8, 4) is 0 Å². The monoisotopic (exact) mass is 493 g/mol. The van der Waals surface area contributed by atoms with E-state index in [9.17, 15) is 9.59 Å². The summed E-state index contributed by atoms with van der Waals surface area (Å²) in [7, 11) is 0. The van der Waals surface area contributed by atoms with Crippen LogP contribution < -0.4 is 5.32 Å². The predicted octanol–water partition coefficient (Wildman–Crippen LogP) is 5.62. The maximum Gasteiger partial charge on any atom is 0.328 e. The van der Waals surface area contributed by atoms with Crippen molar-refractivity contribution in [1.29, 1.82) is 0 Å². The van der Waals surface area contributed by atoms with Gasteiger partial charge in [0, 0.05) is 29.3 Å². The molecular formula is C28H32ClN3O3. The number of para-hydroxylation sites is 1. The molecular weight excluding hydrogens is 462 g/mol. The SMILES string of the molecule is CCCCn1c2ccccc2c2cc(C(=O)N[C@@H](Cc3ccccc3)C(=O)OCC)nc(C)c21.Cl. The van der Waals surface area contributed by atoms with Gasteiger partial charge in [0.05, 0.1) is 17.8 Å². The Labute approximate surface area is 212 Å². The third-order valence-corrected chi connectivity index (χ3v) is 6.05. The Balaban J connectivity index is 0.00000342. The van der Waals surface area contributed by atoms with Gasteiger partial charge < -0.3 is 14.6 Å². The minimum atomic E-state index is -0.793. The Kier molecular flexibility index (Phi) is 8.88. The molecule has 2 heterocycles. The molecule has 4 aromatic rings. The first-order chi connectivity index (χ1) is 16.5. The molecule has 4 rings (SSSR count). The number of fused-ring (bicyclic) bond motifs is 3. The smallest absolute Gasteiger partial charge is 0.328 e. The molecule has 0 radical (unpaired) electrons. The Morgan fingerprint density at radius 2 is 1.74 bits per heavy atom. The fourth-order valence-electron chi connectivity index (χ4n) is 4.45. The van der Waals surface area contributed by atoms with Crippen LogP contribution in [0.25, 0.3) is 21.8 Å². The number of amides is 1. The van der Waals surface area contributed by atoms with Crippen molar-refractivity contribution in [2.75, 3.05) is 6.61 Å². The maximum atomic E-state index is 13.3. The second kappa shape index (κ2) is 11.8. The number of rotatable bonds is 9. The van der Waals surface area contributed by atoms with Crippen molar-refractivity contribution in [3.63, 3.8) is 0 Å². The van der Waals surface area contributed by atoms with Crippen molar-refractivity contribution in [3.05, 3.63) is 77.6 Å². The fourth-order valence-corrected chi connectivity index (χ4v) is 4.45. The number of ether oxygens (including phenoxy) is 1. The van der Waals surface area contributed by atoms with E-state index in [-0.39, 0.29) is 24.9 Å². The quantitative estimate of drug-likeness (QED) is 0.307. The fraction of sp³-hybridized carbons (Fsp3) is 0.321. The van der Waals surface area contributed by atoms with E-state index in [1.165, 1.54) is 0 Å². The number of halogens is 1. The average Bonchev–Trinajstić information content (AvgIpc) is 3.17. The second-order valence-electron chi connectivity index (χ2n) is 8.48. The number of esters is 1. The number of carbonyl (C=O) groups is 2. The normalized spacial score (nSPS) is 11.7. The highest BCUT2D eigenvalue weighted by molar-refractivity contribution is 6.11. The number of unbranched alkanes of at least 4 members (excludes halogenated alkanes) is 1. The zero-order valence-electron chi connectivity index (χ0n) is 20.4. The molecule has 35 heavy (non-hydrogen) atoms. The Morgan fingerprint density at radius 1 is 1.03 bits per heavy atom. The molecule has 1 amide bonds. The molecule has 0 spiro atoms. The molecule has 0 bridgehead atoms. The molecule has 0 aliphatic heterocycles. The molecule has 0 saturated heterocycles. The first-order valence-corrected chi connectivity index (χ1v) is 11.9. The molecule has 0 fully saturated rings. The van der Waals surface area contributed by atoms with Gasteiger partial charge in [-0.2, -0.15) is 0 Å². The number of nitrogens with one attached hydrogen (secondary N) is 1. The molecule has 0 aliphatic carbocycles. The van der Waals surface area contributed by atoms with E-state index in [0.717, 1.165) is 52.4 Å². The van der Waals surface area contributed by atoms with Gasteiger partial charge in [-0.1, -0.05) is 61.9 Å². The van der Waals surface area contributed by atoms with Gasteiger partial charge in [-0.05, 0) is 38.0 Å². The van der Waals surface area contributed by atoms with Crippen molar-refractivity contribution in [1.82, 2.24) is 14.9 Å². The van der Waals surface area contributed by atoms with Crippen molar-refractivity contribution in [2.24, 2.45) is 0 Å². The molecule has 6 nitrogen and oxygen atoms in total. The van der Waals surface area contributed by atoms with Crippen LogP contribution in [-0.4, -0.2) is 34.1 Å². The lowest BCUT2D eigenvalue weighted by Gasteiger charge is -2.17. The van der Waals surface area contributed by atoms with Crippen LogP contribution >= 0.6 is 12.4 Å². The van der Waals surface area contributed by atoms with Gasteiger partial charge >= 0.3 is 5.97 Å². The number of nitrogens with zero attached hydrogens (tertiary/aromatic N) is 2. The van der Waals surface area contributed by atoms with Crippen LogP contribution in [-0.2, 0) is 22.5 Å². The molecule has 7 heteroatoms. The Hall–Kier alpha value is -3.38. The van der Waals surface area contributed by atoms with Crippen molar-refractivity contribution < 1.29 is 14.3 Å². The summed E-state index contributed by atoms with van der Waals surface area (Å²) in [6.07, 6.45) is 2.51. The largest absolute Gasteiger partial charge is 0.464 e. The lowest BCUT2D eigenvalue weighted by molar-refractivity contribution is -0.145. The van der Waals surface area contributed by atoms with Gasteiger partial charge in [0.2, 0.25) is 0 Å². The minimum Gasteiger partial charge on any atom is -0.464 e. The number of aromatic nitrogens is 2. The van der Waals surface area contributed by atoms with E-state index in [1.54, 1.807) is 6.92 Å². The van der Waals surface area contributed by atoms with E-state index >= 15 is 0 Å². The molecule has 0 saturated carbocycles. The van der Waals surface area contributed by atoms with Crippen LogP contribution in [0, 0.1) is 6.92 Å². The van der Waals surface area contributed by atoms with Crippen molar-refractivity contribution >= 4 is 46.1 Å². The zero-order chi connectivity index (χ0) is 24.1. The number of carbonyl (C=O) groups excluding carboxylic acids is 2. The highest BCUT2D eigenvalue weighted by Crippen LogP contribution is 2.31. The van der Waals surface area contributed by atoms with E-state index in [2.05, 4.69) is 33.9 Å². The molecule has 2 aromatic carbocycles. The van der Waals surface area contributed by atoms with Gasteiger partial charge in [-0.3, -0.25) is 4.79 Å². The second-order valence-corrected chi connectivity index (χ2v) is 8.48. The van der Waals surface area contributed by atoms with Crippen LogP contribution in [0.15, 0.2) is 60.7 Å². The zero-order valence-corrected chi connectivity index (χ0v) is 21.2. The van der Waals surface area contributed by atoms with Gasteiger partial charge in [0.1, 0.15) is 11.7 Å². The summed E-state index contributed by atoms with van der Waals surface area (Å²) in [6, 6.07) is 18.9. The summed E-state index contributed by atoms with van der Waals surface area (Å²) in [5.74, 6) is -0.835. The van der Waals surface area contributed by atoms with Gasteiger partial charge in [-0.25, -0.2) is 9.78 Å². The van der Waals surface area contributed by atoms with Crippen molar-refractivity contribution in [2.45, 2.75) is 52.6 Å². The number of benzene rings is 2. The van der Waals surface area contributed by atoms with Gasteiger partial charge in [-0.15, -0.1) is 12.4 Å². The van der Waals surface area contributed by atoms with Crippen LogP contribution in [0.4, 0.5) is 0 Å². The number of hydrogen-bond acceptors (Lipinski definition) is 4. The molecule has 0 unspecified atom stereocenters. The van der Waals surface area contributed by atoms with Gasteiger partial charge in [0.25, 0.3) is 5.91 Å². The van der Waals surface area contributed by atoms with Gasteiger partial charge in [0.15, 0.2) is 0 Å². The Morgan fingerprint density at radius 3 is 2.46 bits per heavy atom. The number of aryl methyl sites for hydroxylation is 2. The molecule has 0 aliphatic rings. The van der Waals surface area contributed by atoms with Crippen LogP contribution in [0.3, 0.4) is 0 Å². The predicted molar refractivity (Wildman–Crippen MR) is 142 cm³/mol. The van der Waals surface area contributed by atoms with E-state index in [1.807, 2.05) is 55.5 Å². The third kappa shape index (κ3) is 5.65. The topological polar surface area (TPSA) is 73.2 Å². The highest BCUT2D eigenvalue weighted by atomic mass is 35.5. The minimum absolute atomic E-state index is 0. The maximum absolute atomic E-state index is 13.3. The number of pyridine rings is 1. The summed E-state index contributed by atoms with van der Waals surface area (Å²) in [4.78, 5) is 30.5. The van der Waals surface area contributed by atoms with E-state index in [0.29, 0.717) is 12.1 Å². The average molecular weight is 494 g/mol. The summed E-state index contributed by atoms with van der Waals surface area (Å²) in [5, 5.41) is 4.96. The third-order valence-electron chi connectivity index (χ3n) is 6.05. The van der Waals surface area contributed by atoms with Crippen LogP contribution in [0.2, 0.25) is 0 Å². The first kappa shape index (κ1) is 26.2. The first-order valence-electron chi connectivity index (χ1n) is 11.9. The summed E-state index contributed by atoms with van der Waals surface area (Å²) in [6.45, 7) is 7.02. The lowest BCUT2D eigenvalue weighted by atomic mass is 10.1.